The first kappa shape index (κ1) is 18.1. The Bertz CT molecular complexity index is 511. The number of carboxylic acid groups (broad SMARTS) is 2. The number of amides is 1. The minimum Gasteiger partial charge on any atom is -0.496 e. The van der Waals surface area contributed by atoms with Crippen molar-refractivity contribution in [3.8, 4) is 5.75 Å². The molecule has 0 aliphatic heterocycles. The van der Waals surface area contributed by atoms with E-state index in [1.165, 1.54) is 12.8 Å². The van der Waals surface area contributed by atoms with E-state index in [4.69, 9.17) is 31.3 Å². The number of hydrogen-bond acceptors (Lipinski definition) is 3. The zero-order valence-electron chi connectivity index (χ0n) is 12.3. The number of halogens is 1. The van der Waals surface area contributed by atoms with Gasteiger partial charge in [0.25, 0.3) is 0 Å². The van der Waals surface area contributed by atoms with E-state index in [2.05, 4.69) is 5.32 Å². The molecule has 0 radical (unpaired) electrons. The molecule has 0 heterocycles. The van der Waals surface area contributed by atoms with Crippen LogP contribution in [-0.4, -0.2) is 35.4 Å². The Labute approximate surface area is 134 Å². The van der Waals surface area contributed by atoms with Gasteiger partial charge in [-0.05, 0) is 25.0 Å². The number of rotatable bonds is 4. The van der Waals surface area contributed by atoms with Gasteiger partial charge < -0.3 is 20.3 Å². The molecule has 3 N–H and O–H groups in total. The fourth-order valence-corrected chi connectivity index (χ4v) is 2.64. The maximum absolute atomic E-state index is 12.0. The van der Waals surface area contributed by atoms with Crippen molar-refractivity contribution in [2.45, 2.75) is 38.1 Å². The average molecular weight is 330 g/mol. The van der Waals surface area contributed by atoms with Gasteiger partial charge >= 0.3 is 6.16 Å². The fraction of sp³-hybridized carbons (Fsp3) is 0.467. The summed E-state index contributed by atoms with van der Waals surface area (Å²) < 4.78 is 5.23. The highest BCUT2D eigenvalue weighted by molar-refractivity contribution is 6.31. The van der Waals surface area contributed by atoms with Gasteiger partial charge in [-0.3, -0.25) is 4.79 Å². The summed E-state index contributed by atoms with van der Waals surface area (Å²) in [5.74, 6) is 0.692. The molecule has 0 unspecified atom stereocenters. The summed E-state index contributed by atoms with van der Waals surface area (Å²) in [5.41, 5.74) is 0.761. The van der Waals surface area contributed by atoms with Crippen LogP contribution in [-0.2, 0) is 11.2 Å². The Balaban J connectivity index is 0.000000541. The molecule has 1 aromatic rings. The second-order valence-electron chi connectivity index (χ2n) is 4.93. The zero-order chi connectivity index (χ0) is 16.5. The average Bonchev–Trinajstić information content (AvgIpc) is 2.93. The maximum atomic E-state index is 12.0. The predicted octanol–water partition coefficient (Wildman–Crippen LogP) is 3.17. The second-order valence-corrected chi connectivity index (χ2v) is 5.34. The van der Waals surface area contributed by atoms with Crippen molar-refractivity contribution in [1.82, 2.24) is 5.32 Å². The van der Waals surface area contributed by atoms with Gasteiger partial charge in [0, 0.05) is 16.6 Å². The fourth-order valence-electron chi connectivity index (χ4n) is 2.41. The molecule has 7 heteroatoms. The quantitative estimate of drug-likeness (QED) is 0.788. The SMILES string of the molecule is COc1cccc(Cl)c1CC(=O)NC1CCCC1.O=C(O)O. The van der Waals surface area contributed by atoms with Gasteiger partial charge in [-0.2, -0.15) is 0 Å². The lowest BCUT2D eigenvalue weighted by Crippen LogP contribution is -2.33. The molecule has 1 amide bonds. The van der Waals surface area contributed by atoms with E-state index in [1.54, 1.807) is 13.2 Å². The summed E-state index contributed by atoms with van der Waals surface area (Å²) in [7, 11) is 1.59. The number of ether oxygens (including phenoxy) is 1. The highest BCUT2D eigenvalue weighted by Crippen LogP contribution is 2.27. The first-order valence-electron chi connectivity index (χ1n) is 6.96. The van der Waals surface area contributed by atoms with Gasteiger partial charge in [-0.25, -0.2) is 4.79 Å². The van der Waals surface area contributed by atoms with Crippen LogP contribution in [0.25, 0.3) is 0 Å². The van der Waals surface area contributed by atoms with Crippen molar-refractivity contribution < 1.29 is 24.5 Å². The molecule has 1 aromatic carbocycles. The molecule has 0 saturated heterocycles. The molecule has 0 spiro atoms. The lowest BCUT2D eigenvalue weighted by atomic mass is 10.1. The van der Waals surface area contributed by atoms with Crippen molar-refractivity contribution in [2.75, 3.05) is 7.11 Å². The van der Waals surface area contributed by atoms with E-state index in [0.717, 1.165) is 18.4 Å². The third-order valence-corrected chi connectivity index (χ3v) is 3.71. The summed E-state index contributed by atoms with van der Waals surface area (Å²) in [6, 6.07) is 5.76. The number of carbonyl (C=O) groups excluding carboxylic acids is 1. The summed E-state index contributed by atoms with van der Waals surface area (Å²) in [5, 5.41) is 17.6. The summed E-state index contributed by atoms with van der Waals surface area (Å²) in [6.07, 6.45) is 3.04. The van der Waals surface area contributed by atoms with Gasteiger partial charge in [-0.15, -0.1) is 0 Å². The molecule has 0 atom stereocenters. The first-order chi connectivity index (χ1) is 10.4. The van der Waals surface area contributed by atoms with E-state index < -0.39 is 6.16 Å². The highest BCUT2D eigenvalue weighted by Gasteiger charge is 2.19. The zero-order valence-corrected chi connectivity index (χ0v) is 13.1. The Morgan fingerprint density at radius 2 is 1.91 bits per heavy atom. The molecule has 1 aliphatic rings. The Morgan fingerprint density at radius 3 is 2.45 bits per heavy atom. The van der Waals surface area contributed by atoms with Crippen LogP contribution in [0, 0.1) is 0 Å². The molecule has 22 heavy (non-hydrogen) atoms. The molecule has 2 rings (SSSR count). The van der Waals surface area contributed by atoms with Gasteiger partial charge in [0.05, 0.1) is 13.5 Å². The van der Waals surface area contributed by atoms with Crippen molar-refractivity contribution >= 4 is 23.7 Å². The molecule has 122 valence electrons. The minimum absolute atomic E-state index is 0.0216. The van der Waals surface area contributed by atoms with Crippen LogP contribution in [0.4, 0.5) is 4.79 Å². The first-order valence-corrected chi connectivity index (χ1v) is 7.34. The molecular formula is C15H20ClNO5. The molecular weight excluding hydrogens is 310 g/mol. The lowest BCUT2D eigenvalue weighted by molar-refractivity contribution is -0.121. The number of carbonyl (C=O) groups is 2. The Kier molecular flexibility index (Phi) is 7.52. The Hall–Kier alpha value is -1.95. The minimum atomic E-state index is -1.83. The highest BCUT2D eigenvalue weighted by atomic mass is 35.5. The van der Waals surface area contributed by atoms with Crippen LogP contribution < -0.4 is 10.1 Å². The molecule has 0 bridgehead atoms. The summed E-state index contributed by atoms with van der Waals surface area (Å²) in [6.45, 7) is 0. The van der Waals surface area contributed by atoms with Gasteiger partial charge in [0.1, 0.15) is 5.75 Å². The molecule has 1 saturated carbocycles. The van der Waals surface area contributed by atoms with E-state index in [1.807, 2.05) is 12.1 Å². The van der Waals surface area contributed by atoms with Crippen LogP contribution in [0.3, 0.4) is 0 Å². The van der Waals surface area contributed by atoms with E-state index >= 15 is 0 Å². The van der Waals surface area contributed by atoms with E-state index in [-0.39, 0.29) is 12.3 Å². The summed E-state index contributed by atoms with van der Waals surface area (Å²) >= 11 is 6.11. The number of hydrogen-bond donors (Lipinski definition) is 3. The Morgan fingerprint density at radius 1 is 1.32 bits per heavy atom. The van der Waals surface area contributed by atoms with Crippen LogP contribution in [0.2, 0.25) is 5.02 Å². The van der Waals surface area contributed by atoms with Crippen LogP contribution >= 0.6 is 11.6 Å². The van der Waals surface area contributed by atoms with Crippen molar-refractivity contribution in [3.05, 3.63) is 28.8 Å². The largest absolute Gasteiger partial charge is 0.503 e. The van der Waals surface area contributed by atoms with E-state index in [9.17, 15) is 4.79 Å². The number of methoxy groups -OCH3 is 1. The number of benzene rings is 1. The van der Waals surface area contributed by atoms with Crippen molar-refractivity contribution in [1.29, 1.82) is 0 Å². The third kappa shape index (κ3) is 6.22. The van der Waals surface area contributed by atoms with Gasteiger partial charge in [-0.1, -0.05) is 30.5 Å². The standard InChI is InChI=1S/C14H18ClNO2.CH2O3/c1-18-13-8-4-7-12(15)11(13)9-14(17)16-10-5-2-3-6-10;2-1(3)4/h4,7-8,10H,2-3,5-6,9H2,1H3,(H,16,17);(H2,2,3,4). The topological polar surface area (TPSA) is 95.9 Å². The van der Waals surface area contributed by atoms with Gasteiger partial charge in [0.15, 0.2) is 0 Å². The third-order valence-electron chi connectivity index (χ3n) is 3.35. The smallest absolute Gasteiger partial charge is 0.496 e. The predicted molar refractivity (Wildman–Crippen MR) is 82.8 cm³/mol. The lowest BCUT2D eigenvalue weighted by Gasteiger charge is -2.14. The normalized spacial score (nSPS) is 13.9. The maximum Gasteiger partial charge on any atom is 0.503 e. The molecule has 0 aromatic heterocycles. The van der Waals surface area contributed by atoms with Crippen LogP contribution in [0.15, 0.2) is 18.2 Å². The van der Waals surface area contributed by atoms with Crippen LogP contribution in [0.1, 0.15) is 31.2 Å². The van der Waals surface area contributed by atoms with Gasteiger partial charge in [0.2, 0.25) is 5.91 Å². The second kappa shape index (κ2) is 9.15. The summed E-state index contributed by atoms with van der Waals surface area (Å²) in [4.78, 5) is 20.5. The van der Waals surface area contributed by atoms with E-state index in [0.29, 0.717) is 16.8 Å². The molecule has 1 fully saturated rings. The number of nitrogens with one attached hydrogen (secondary N) is 1. The van der Waals surface area contributed by atoms with Crippen LogP contribution in [0.5, 0.6) is 5.75 Å². The monoisotopic (exact) mass is 329 g/mol. The van der Waals surface area contributed by atoms with Crippen molar-refractivity contribution in [3.63, 3.8) is 0 Å². The molecule has 1 aliphatic carbocycles. The molecule has 6 nitrogen and oxygen atoms in total. The van der Waals surface area contributed by atoms with Crippen molar-refractivity contribution in [2.24, 2.45) is 0 Å².